The van der Waals surface area contributed by atoms with Gasteiger partial charge in [-0.05, 0) is 31.4 Å². The van der Waals surface area contributed by atoms with E-state index >= 15 is 0 Å². The summed E-state index contributed by atoms with van der Waals surface area (Å²) in [6.07, 6.45) is 4.14. The SMILES string of the molecule is CCOc1cc(CNC(=NC)N2CCC3(CCOC3)C2)ccn1. The van der Waals surface area contributed by atoms with E-state index in [9.17, 15) is 0 Å². The molecule has 1 N–H and O–H groups in total. The molecule has 0 aromatic carbocycles. The Morgan fingerprint density at radius 2 is 2.43 bits per heavy atom. The van der Waals surface area contributed by atoms with E-state index in [4.69, 9.17) is 9.47 Å². The highest BCUT2D eigenvalue weighted by atomic mass is 16.5. The average molecular weight is 318 g/mol. The second-order valence-electron chi connectivity index (χ2n) is 6.31. The number of aliphatic imine (C=N–C) groups is 1. The lowest BCUT2D eigenvalue weighted by Gasteiger charge is -2.25. The van der Waals surface area contributed by atoms with Crippen LogP contribution in [0.3, 0.4) is 0 Å². The molecular weight excluding hydrogens is 292 g/mol. The Labute approximate surface area is 137 Å². The third-order valence-electron chi connectivity index (χ3n) is 4.68. The molecule has 126 valence electrons. The number of nitrogens with zero attached hydrogens (tertiary/aromatic N) is 3. The Bertz CT molecular complexity index is 555. The molecule has 1 unspecified atom stereocenters. The summed E-state index contributed by atoms with van der Waals surface area (Å²) >= 11 is 0. The van der Waals surface area contributed by atoms with Crippen LogP contribution in [0.15, 0.2) is 23.3 Å². The van der Waals surface area contributed by atoms with E-state index in [1.807, 2.05) is 26.1 Å². The first-order valence-corrected chi connectivity index (χ1v) is 8.36. The predicted octanol–water partition coefficient (Wildman–Crippen LogP) is 1.67. The van der Waals surface area contributed by atoms with Gasteiger partial charge in [-0.25, -0.2) is 4.98 Å². The van der Waals surface area contributed by atoms with Crippen LogP contribution in [0.4, 0.5) is 0 Å². The van der Waals surface area contributed by atoms with Crippen LogP contribution in [-0.2, 0) is 11.3 Å². The number of hydrogen-bond donors (Lipinski definition) is 1. The summed E-state index contributed by atoms with van der Waals surface area (Å²) in [6, 6.07) is 3.97. The number of nitrogens with one attached hydrogen (secondary N) is 1. The smallest absolute Gasteiger partial charge is 0.213 e. The molecule has 3 heterocycles. The van der Waals surface area contributed by atoms with Crippen LogP contribution in [0.5, 0.6) is 5.88 Å². The molecule has 0 amide bonds. The third-order valence-corrected chi connectivity index (χ3v) is 4.68. The van der Waals surface area contributed by atoms with Gasteiger partial charge >= 0.3 is 0 Å². The lowest BCUT2D eigenvalue weighted by molar-refractivity contribution is 0.156. The molecule has 2 aliphatic rings. The maximum absolute atomic E-state index is 5.60. The number of aromatic nitrogens is 1. The lowest BCUT2D eigenvalue weighted by atomic mass is 9.87. The van der Waals surface area contributed by atoms with Gasteiger partial charge in [0.15, 0.2) is 5.96 Å². The summed E-state index contributed by atoms with van der Waals surface area (Å²) in [7, 11) is 1.84. The van der Waals surface area contributed by atoms with Gasteiger partial charge in [0.25, 0.3) is 0 Å². The zero-order chi connectivity index (χ0) is 16.1. The van der Waals surface area contributed by atoms with E-state index in [0.29, 0.717) is 17.9 Å². The first kappa shape index (κ1) is 16.1. The van der Waals surface area contributed by atoms with Gasteiger partial charge < -0.3 is 19.7 Å². The molecule has 1 atom stereocenters. The van der Waals surface area contributed by atoms with E-state index in [1.165, 1.54) is 12.8 Å². The van der Waals surface area contributed by atoms with Gasteiger partial charge in [-0.15, -0.1) is 0 Å². The van der Waals surface area contributed by atoms with Crippen LogP contribution in [0.25, 0.3) is 0 Å². The molecule has 1 aromatic heterocycles. The van der Waals surface area contributed by atoms with Gasteiger partial charge in [-0.3, -0.25) is 4.99 Å². The highest BCUT2D eigenvalue weighted by Gasteiger charge is 2.42. The predicted molar refractivity (Wildman–Crippen MR) is 89.7 cm³/mol. The van der Waals surface area contributed by atoms with Crippen molar-refractivity contribution in [2.45, 2.75) is 26.3 Å². The Kier molecular flexibility index (Phi) is 5.00. The van der Waals surface area contributed by atoms with E-state index in [0.717, 1.165) is 44.4 Å². The van der Waals surface area contributed by atoms with Crippen molar-refractivity contribution in [1.29, 1.82) is 0 Å². The van der Waals surface area contributed by atoms with Crippen LogP contribution in [0.1, 0.15) is 25.3 Å². The van der Waals surface area contributed by atoms with Crippen molar-refractivity contribution in [3.8, 4) is 5.88 Å². The van der Waals surface area contributed by atoms with Gasteiger partial charge in [-0.2, -0.15) is 0 Å². The fourth-order valence-corrected chi connectivity index (χ4v) is 3.39. The van der Waals surface area contributed by atoms with Gasteiger partial charge in [0, 0.05) is 51.0 Å². The number of hydrogen-bond acceptors (Lipinski definition) is 4. The number of ether oxygens (including phenoxy) is 2. The quantitative estimate of drug-likeness (QED) is 0.676. The molecule has 1 aromatic rings. The minimum atomic E-state index is 0.344. The molecule has 0 radical (unpaired) electrons. The van der Waals surface area contributed by atoms with Crippen LogP contribution in [0, 0.1) is 5.41 Å². The van der Waals surface area contributed by atoms with Gasteiger partial charge in [0.1, 0.15) is 0 Å². The summed E-state index contributed by atoms with van der Waals surface area (Å²) in [5.41, 5.74) is 1.49. The second kappa shape index (κ2) is 7.17. The summed E-state index contributed by atoms with van der Waals surface area (Å²) < 4.78 is 11.1. The van der Waals surface area contributed by atoms with Crippen LogP contribution in [-0.4, -0.2) is 55.8 Å². The maximum atomic E-state index is 5.60. The molecule has 6 heteroatoms. The molecule has 0 bridgehead atoms. The largest absolute Gasteiger partial charge is 0.478 e. The van der Waals surface area contributed by atoms with Crippen molar-refractivity contribution in [3.63, 3.8) is 0 Å². The van der Waals surface area contributed by atoms with E-state index < -0.39 is 0 Å². The highest BCUT2D eigenvalue weighted by molar-refractivity contribution is 5.80. The fraction of sp³-hybridized carbons (Fsp3) is 0.647. The van der Waals surface area contributed by atoms with Crippen molar-refractivity contribution in [2.75, 3.05) is 40.0 Å². The van der Waals surface area contributed by atoms with Gasteiger partial charge in [0.05, 0.1) is 13.2 Å². The first-order chi connectivity index (χ1) is 11.2. The summed E-state index contributed by atoms with van der Waals surface area (Å²) in [5.74, 6) is 1.63. The lowest BCUT2D eigenvalue weighted by Crippen LogP contribution is -2.41. The van der Waals surface area contributed by atoms with E-state index in [-0.39, 0.29) is 0 Å². The first-order valence-electron chi connectivity index (χ1n) is 8.36. The number of likely N-dealkylation sites (tertiary alicyclic amines) is 1. The maximum Gasteiger partial charge on any atom is 0.213 e. The van der Waals surface area contributed by atoms with Gasteiger partial charge in [-0.1, -0.05) is 0 Å². The Hall–Kier alpha value is -1.82. The highest BCUT2D eigenvalue weighted by Crippen LogP contribution is 2.38. The fourth-order valence-electron chi connectivity index (χ4n) is 3.39. The summed E-state index contributed by atoms with van der Waals surface area (Å²) in [4.78, 5) is 11.0. The molecule has 2 saturated heterocycles. The number of guanidine groups is 1. The third kappa shape index (κ3) is 3.75. The molecular formula is C17H26N4O2. The minimum Gasteiger partial charge on any atom is -0.478 e. The monoisotopic (exact) mass is 318 g/mol. The zero-order valence-electron chi connectivity index (χ0n) is 14.0. The molecule has 1 spiro atoms. The van der Waals surface area contributed by atoms with Crippen molar-refractivity contribution in [1.82, 2.24) is 15.2 Å². The van der Waals surface area contributed by atoms with Crippen LogP contribution in [0.2, 0.25) is 0 Å². The number of pyridine rings is 1. The molecule has 2 aliphatic heterocycles. The zero-order valence-corrected chi connectivity index (χ0v) is 14.0. The molecule has 3 rings (SSSR count). The van der Waals surface area contributed by atoms with Crippen LogP contribution >= 0.6 is 0 Å². The molecule has 6 nitrogen and oxygen atoms in total. The second-order valence-corrected chi connectivity index (χ2v) is 6.31. The van der Waals surface area contributed by atoms with Crippen molar-refractivity contribution >= 4 is 5.96 Å². The normalized spacial score (nSPS) is 24.4. The average Bonchev–Trinajstić information content (AvgIpc) is 3.19. The van der Waals surface area contributed by atoms with Crippen molar-refractivity contribution in [2.24, 2.45) is 10.4 Å². The number of rotatable bonds is 4. The minimum absolute atomic E-state index is 0.344. The van der Waals surface area contributed by atoms with E-state index in [2.05, 4.69) is 20.2 Å². The summed E-state index contributed by atoms with van der Waals surface area (Å²) in [5, 5.41) is 3.46. The van der Waals surface area contributed by atoms with E-state index in [1.54, 1.807) is 6.20 Å². The Balaban J connectivity index is 1.57. The summed E-state index contributed by atoms with van der Waals surface area (Å²) in [6.45, 7) is 7.18. The van der Waals surface area contributed by atoms with Crippen molar-refractivity contribution < 1.29 is 9.47 Å². The molecule has 23 heavy (non-hydrogen) atoms. The molecule has 0 aliphatic carbocycles. The topological polar surface area (TPSA) is 59.0 Å². The molecule has 0 saturated carbocycles. The molecule has 2 fully saturated rings. The van der Waals surface area contributed by atoms with Crippen LogP contribution < -0.4 is 10.1 Å². The Morgan fingerprint density at radius 1 is 1.52 bits per heavy atom. The van der Waals surface area contributed by atoms with Crippen molar-refractivity contribution in [3.05, 3.63) is 23.9 Å². The standard InChI is InChI=1S/C17H26N4O2/c1-3-23-15-10-14(4-7-19-15)11-20-16(18-2)21-8-5-17(12-21)6-9-22-13-17/h4,7,10H,3,5-6,8-9,11-13H2,1-2H3,(H,18,20). The van der Waals surface area contributed by atoms with Gasteiger partial charge in [0.2, 0.25) is 5.88 Å². The Morgan fingerprint density at radius 3 is 3.17 bits per heavy atom.